The molecule has 0 fully saturated rings. The summed E-state index contributed by atoms with van der Waals surface area (Å²) in [6.07, 6.45) is 0. The Balaban J connectivity index is 1.96. The fraction of sp³-hybridized carbons (Fsp3) is 0.125. The number of H-pyrrole nitrogens is 1. The van der Waals surface area contributed by atoms with Crippen molar-refractivity contribution in [2.75, 3.05) is 24.3 Å². The highest BCUT2D eigenvalue weighted by atomic mass is 16.6. The van der Waals surface area contributed by atoms with Crippen molar-refractivity contribution in [1.82, 2.24) is 9.97 Å². The summed E-state index contributed by atoms with van der Waals surface area (Å²) in [7, 11) is 3.53. The lowest BCUT2D eigenvalue weighted by atomic mass is 10.1. The number of anilines is 2. The predicted octanol–water partition coefficient (Wildman–Crippen LogP) is 2.79. The molecule has 24 heavy (non-hydrogen) atoms. The van der Waals surface area contributed by atoms with Gasteiger partial charge in [-0.05, 0) is 18.2 Å². The number of aromatic amines is 1. The van der Waals surface area contributed by atoms with Gasteiger partial charge in [0.1, 0.15) is 0 Å². The number of nitro groups is 1. The lowest BCUT2D eigenvalue weighted by Crippen LogP contribution is -2.19. The number of non-ortho nitro benzene ring substituents is 1. The van der Waals surface area contributed by atoms with Gasteiger partial charge in [0.05, 0.1) is 21.5 Å². The van der Waals surface area contributed by atoms with Gasteiger partial charge < -0.3 is 9.88 Å². The monoisotopic (exact) mass is 325 g/mol. The van der Waals surface area contributed by atoms with E-state index in [9.17, 15) is 14.9 Å². The van der Waals surface area contributed by atoms with E-state index < -0.39 is 10.8 Å². The number of nitrogens with one attached hydrogen (secondary N) is 2. The van der Waals surface area contributed by atoms with Crippen LogP contribution in [0.2, 0.25) is 0 Å². The first-order valence-electron chi connectivity index (χ1n) is 7.17. The molecule has 0 spiro atoms. The van der Waals surface area contributed by atoms with Crippen molar-refractivity contribution in [2.24, 2.45) is 0 Å². The van der Waals surface area contributed by atoms with E-state index in [-0.39, 0.29) is 17.2 Å². The number of nitrogens with zero attached hydrogens (tertiary/aromatic N) is 3. The minimum atomic E-state index is -0.530. The fourth-order valence-corrected chi connectivity index (χ4v) is 2.40. The number of imidazole rings is 1. The van der Waals surface area contributed by atoms with Crippen LogP contribution in [0.5, 0.6) is 0 Å². The molecule has 0 aliphatic rings. The summed E-state index contributed by atoms with van der Waals surface area (Å²) in [5, 5.41) is 13.6. The van der Waals surface area contributed by atoms with Crippen molar-refractivity contribution in [3.8, 4) is 0 Å². The Morgan fingerprint density at radius 3 is 2.67 bits per heavy atom. The molecule has 0 unspecified atom stereocenters. The average Bonchev–Trinajstić information content (AvgIpc) is 2.96. The Hall–Kier alpha value is -3.42. The summed E-state index contributed by atoms with van der Waals surface area (Å²) in [6.45, 7) is 0. The number of nitro benzene ring substituents is 1. The van der Waals surface area contributed by atoms with E-state index in [0.29, 0.717) is 5.69 Å². The molecule has 2 N–H and O–H groups in total. The van der Waals surface area contributed by atoms with Crippen molar-refractivity contribution in [2.45, 2.75) is 0 Å². The first-order valence-corrected chi connectivity index (χ1v) is 7.17. The second-order valence-electron chi connectivity index (χ2n) is 5.41. The Morgan fingerprint density at radius 1 is 1.25 bits per heavy atom. The molecule has 122 valence electrons. The predicted molar refractivity (Wildman–Crippen MR) is 91.5 cm³/mol. The Morgan fingerprint density at radius 2 is 2.00 bits per heavy atom. The van der Waals surface area contributed by atoms with Gasteiger partial charge in [0.15, 0.2) is 0 Å². The Kier molecular flexibility index (Phi) is 3.87. The number of hydrogen-bond donors (Lipinski definition) is 2. The lowest BCUT2D eigenvalue weighted by Gasteiger charge is -2.16. The summed E-state index contributed by atoms with van der Waals surface area (Å²) in [5.74, 6) is -0.182. The molecule has 3 rings (SSSR count). The first kappa shape index (κ1) is 15.5. The van der Waals surface area contributed by atoms with E-state index in [4.69, 9.17) is 0 Å². The van der Waals surface area contributed by atoms with Gasteiger partial charge in [-0.15, -0.1) is 0 Å². The molecule has 1 amide bonds. The van der Waals surface area contributed by atoms with Gasteiger partial charge in [-0.1, -0.05) is 12.1 Å². The van der Waals surface area contributed by atoms with Crippen LogP contribution in [0.25, 0.3) is 11.0 Å². The van der Waals surface area contributed by atoms with E-state index in [1.54, 1.807) is 25.1 Å². The normalized spacial score (nSPS) is 10.6. The van der Waals surface area contributed by atoms with Gasteiger partial charge in [-0.2, -0.15) is 0 Å². The topological polar surface area (TPSA) is 104 Å². The minimum Gasteiger partial charge on any atom is -0.377 e. The van der Waals surface area contributed by atoms with Crippen molar-refractivity contribution in [1.29, 1.82) is 0 Å². The van der Waals surface area contributed by atoms with Crippen LogP contribution >= 0.6 is 0 Å². The van der Waals surface area contributed by atoms with E-state index >= 15 is 0 Å². The molecule has 0 radical (unpaired) electrons. The van der Waals surface area contributed by atoms with E-state index in [0.717, 1.165) is 11.0 Å². The average molecular weight is 325 g/mol. The van der Waals surface area contributed by atoms with Gasteiger partial charge in [-0.3, -0.25) is 20.2 Å². The van der Waals surface area contributed by atoms with Crippen LogP contribution in [0, 0.1) is 10.1 Å². The zero-order valence-electron chi connectivity index (χ0n) is 13.1. The van der Waals surface area contributed by atoms with Crippen LogP contribution in [-0.4, -0.2) is 34.9 Å². The molecule has 0 bridgehead atoms. The molecule has 8 nitrogen and oxygen atoms in total. The molecule has 1 heterocycles. The third-order valence-electron chi connectivity index (χ3n) is 3.54. The molecule has 0 aliphatic heterocycles. The van der Waals surface area contributed by atoms with Gasteiger partial charge in [0.25, 0.3) is 11.6 Å². The number of rotatable bonds is 4. The second-order valence-corrected chi connectivity index (χ2v) is 5.41. The van der Waals surface area contributed by atoms with Crippen LogP contribution in [0.1, 0.15) is 10.4 Å². The molecule has 3 aromatic rings. The SMILES string of the molecule is CN(C)c1ccc([N+](=O)[O-])cc1C(=O)Nc1nc2ccccc2[nH]1. The molecule has 8 heteroatoms. The number of benzene rings is 2. The number of para-hydroxylation sites is 2. The number of fused-ring (bicyclic) bond motifs is 1. The van der Waals surface area contributed by atoms with Crippen molar-refractivity contribution < 1.29 is 9.72 Å². The highest BCUT2D eigenvalue weighted by Gasteiger charge is 2.19. The first-order chi connectivity index (χ1) is 11.5. The highest BCUT2D eigenvalue weighted by molar-refractivity contribution is 6.08. The van der Waals surface area contributed by atoms with Crippen LogP contribution in [-0.2, 0) is 0 Å². The third-order valence-corrected chi connectivity index (χ3v) is 3.54. The molecular weight excluding hydrogens is 310 g/mol. The smallest absolute Gasteiger partial charge is 0.270 e. The number of carbonyl (C=O) groups excluding carboxylic acids is 1. The number of amides is 1. The quantitative estimate of drug-likeness (QED) is 0.567. The fourth-order valence-electron chi connectivity index (χ4n) is 2.40. The van der Waals surface area contributed by atoms with Crippen molar-refractivity contribution in [3.63, 3.8) is 0 Å². The zero-order valence-corrected chi connectivity index (χ0v) is 13.1. The highest BCUT2D eigenvalue weighted by Crippen LogP contribution is 2.25. The summed E-state index contributed by atoms with van der Waals surface area (Å²) in [6, 6.07) is 11.5. The molecule has 0 aliphatic carbocycles. The van der Waals surface area contributed by atoms with E-state index in [1.807, 2.05) is 24.3 Å². The van der Waals surface area contributed by atoms with Crippen molar-refractivity contribution in [3.05, 3.63) is 58.1 Å². The van der Waals surface area contributed by atoms with Gasteiger partial charge >= 0.3 is 0 Å². The summed E-state index contributed by atoms with van der Waals surface area (Å²) in [4.78, 5) is 32.0. The minimum absolute atomic E-state index is 0.143. The number of aromatic nitrogens is 2. The van der Waals surface area contributed by atoms with Crippen LogP contribution in [0.15, 0.2) is 42.5 Å². The van der Waals surface area contributed by atoms with Crippen LogP contribution < -0.4 is 10.2 Å². The van der Waals surface area contributed by atoms with Gasteiger partial charge in [-0.25, -0.2) is 4.98 Å². The Bertz CT molecular complexity index is 899. The maximum Gasteiger partial charge on any atom is 0.270 e. The molecule has 2 aromatic carbocycles. The molecule has 1 aromatic heterocycles. The molecule has 0 saturated heterocycles. The van der Waals surface area contributed by atoms with Gasteiger partial charge in [0, 0.05) is 31.9 Å². The number of carbonyl (C=O) groups is 1. The largest absolute Gasteiger partial charge is 0.377 e. The summed E-state index contributed by atoms with van der Waals surface area (Å²) < 4.78 is 0. The maximum absolute atomic E-state index is 12.6. The second kappa shape index (κ2) is 5.99. The maximum atomic E-state index is 12.6. The lowest BCUT2D eigenvalue weighted by molar-refractivity contribution is -0.384. The van der Waals surface area contributed by atoms with Crippen LogP contribution in [0.3, 0.4) is 0 Å². The standard InChI is InChI=1S/C16H15N5O3/c1-20(2)14-8-7-10(21(23)24)9-11(14)15(22)19-16-17-12-5-3-4-6-13(12)18-16/h3-9H,1-2H3,(H2,17,18,19,22). The van der Waals surface area contributed by atoms with Crippen molar-refractivity contribution >= 4 is 34.3 Å². The molecule has 0 atom stereocenters. The third kappa shape index (κ3) is 2.89. The molecular formula is C16H15N5O3. The number of hydrogen-bond acceptors (Lipinski definition) is 5. The van der Waals surface area contributed by atoms with E-state index in [1.165, 1.54) is 12.1 Å². The van der Waals surface area contributed by atoms with Gasteiger partial charge in [0.2, 0.25) is 5.95 Å². The van der Waals surface area contributed by atoms with E-state index in [2.05, 4.69) is 15.3 Å². The van der Waals surface area contributed by atoms with Crippen LogP contribution in [0.4, 0.5) is 17.3 Å². The summed E-state index contributed by atoms with van der Waals surface area (Å²) in [5.41, 5.74) is 2.15. The Labute approximate surface area is 137 Å². The zero-order chi connectivity index (χ0) is 17.3. The summed E-state index contributed by atoms with van der Waals surface area (Å²) >= 11 is 0. The molecule has 0 saturated carbocycles.